The lowest BCUT2D eigenvalue weighted by molar-refractivity contribution is 1.35. The van der Waals surface area contributed by atoms with Gasteiger partial charge in [0.2, 0.25) is 0 Å². The molecule has 0 atom stereocenters. The number of hydrogen-bond donors (Lipinski definition) is 0. The number of benzene rings is 3. The summed E-state index contributed by atoms with van der Waals surface area (Å²) < 4.78 is 0. The number of allylic oxidation sites excluding steroid dienone is 4. The lowest BCUT2D eigenvalue weighted by Crippen LogP contribution is -2.04. The van der Waals surface area contributed by atoms with Crippen molar-refractivity contribution >= 4 is 12.2 Å². The SMILES string of the molecule is C1=C\C=c2\cccc\c2=c2/cccc/c2=c2/cccc/c2=C\C=C/1. The molecule has 0 heterocycles. The molecule has 0 nitrogen and oxygen atoms in total. The summed E-state index contributed by atoms with van der Waals surface area (Å²) in [6.07, 6.45) is 12.7. The predicted molar refractivity (Wildman–Crippen MR) is 101 cm³/mol. The molecule has 1 aliphatic carbocycles. The molecule has 24 heavy (non-hydrogen) atoms. The second-order valence-electron chi connectivity index (χ2n) is 5.82. The molecule has 3 aromatic rings. The molecule has 1 aliphatic rings. The van der Waals surface area contributed by atoms with Crippen molar-refractivity contribution in [3.63, 3.8) is 0 Å². The van der Waals surface area contributed by atoms with E-state index in [9.17, 15) is 0 Å². The van der Waals surface area contributed by atoms with Crippen LogP contribution in [0.15, 0.2) is 97.1 Å². The summed E-state index contributed by atoms with van der Waals surface area (Å²) in [5.41, 5.74) is 0. The Kier molecular flexibility index (Phi) is 3.95. The second-order valence-corrected chi connectivity index (χ2v) is 5.82. The van der Waals surface area contributed by atoms with Crippen molar-refractivity contribution in [2.45, 2.75) is 0 Å². The van der Waals surface area contributed by atoms with Gasteiger partial charge in [-0.1, -0.05) is 109 Å². The zero-order valence-corrected chi connectivity index (χ0v) is 13.4. The molecule has 0 saturated carbocycles. The van der Waals surface area contributed by atoms with Gasteiger partial charge in [0.15, 0.2) is 0 Å². The molecule has 0 aliphatic heterocycles. The van der Waals surface area contributed by atoms with E-state index in [0.29, 0.717) is 0 Å². The Morgan fingerprint density at radius 2 is 0.708 bits per heavy atom. The maximum absolute atomic E-state index is 2.21. The Morgan fingerprint density at radius 3 is 1.17 bits per heavy atom. The minimum absolute atomic E-state index is 1.23. The minimum Gasteiger partial charge on any atom is -0.0622 e. The van der Waals surface area contributed by atoms with Gasteiger partial charge in [0, 0.05) is 0 Å². The van der Waals surface area contributed by atoms with Crippen molar-refractivity contribution in [1.29, 1.82) is 0 Å². The molecule has 0 amide bonds. The fourth-order valence-electron chi connectivity index (χ4n) is 3.17. The van der Waals surface area contributed by atoms with E-state index in [1.165, 1.54) is 31.3 Å². The van der Waals surface area contributed by atoms with E-state index in [-0.39, 0.29) is 0 Å². The molecule has 0 N–H and O–H groups in total. The van der Waals surface area contributed by atoms with Gasteiger partial charge in [0.1, 0.15) is 0 Å². The molecule has 0 bridgehead atoms. The van der Waals surface area contributed by atoms with Gasteiger partial charge in [-0.15, -0.1) is 0 Å². The van der Waals surface area contributed by atoms with E-state index in [0.717, 1.165) is 0 Å². The zero-order chi connectivity index (χ0) is 16.2. The van der Waals surface area contributed by atoms with E-state index in [4.69, 9.17) is 0 Å². The van der Waals surface area contributed by atoms with Crippen molar-refractivity contribution in [1.82, 2.24) is 0 Å². The predicted octanol–water partition coefficient (Wildman–Crippen LogP) is 3.95. The van der Waals surface area contributed by atoms with Crippen molar-refractivity contribution in [3.8, 4) is 0 Å². The van der Waals surface area contributed by atoms with Gasteiger partial charge >= 0.3 is 0 Å². The van der Waals surface area contributed by atoms with E-state index in [1.54, 1.807) is 0 Å². The maximum atomic E-state index is 2.21. The molecule has 4 rings (SSSR count). The third-order valence-corrected chi connectivity index (χ3v) is 4.31. The van der Waals surface area contributed by atoms with E-state index >= 15 is 0 Å². The van der Waals surface area contributed by atoms with Gasteiger partial charge in [0.05, 0.1) is 0 Å². The van der Waals surface area contributed by atoms with Gasteiger partial charge < -0.3 is 0 Å². The van der Waals surface area contributed by atoms with Crippen LogP contribution in [0.3, 0.4) is 0 Å². The molecule has 0 heteroatoms. The molecular weight excluding hydrogens is 288 g/mol. The zero-order valence-electron chi connectivity index (χ0n) is 13.4. The average Bonchev–Trinajstić information content (AvgIpc) is 2.64. The Hall–Kier alpha value is -3.12. The first-order chi connectivity index (χ1) is 11.9. The Morgan fingerprint density at radius 1 is 0.333 bits per heavy atom. The summed E-state index contributed by atoms with van der Waals surface area (Å²) in [4.78, 5) is 0. The highest BCUT2D eigenvalue weighted by Crippen LogP contribution is 2.00. The monoisotopic (exact) mass is 306 g/mol. The van der Waals surface area contributed by atoms with Crippen LogP contribution in [0.5, 0.6) is 0 Å². The summed E-state index contributed by atoms with van der Waals surface area (Å²) in [5, 5.41) is 7.52. The third-order valence-electron chi connectivity index (χ3n) is 4.31. The minimum atomic E-state index is 1.23. The molecular formula is C24H18. The molecule has 114 valence electrons. The summed E-state index contributed by atoms with van der Waals surface area (Å²) >= 11 is 0. The number of rotatable bonds is 0. The third kappa shape index (κ3) is 2.75. The first kappa shape index (κ1) is 14.5. The van der Waals surface area contributed by atoms with Gasteiger partial charge in [-0.2, -0.15) is 0 Å². The van der Waals surface area contributed by atoms with Crippen molar-refractivity contribution in [2.75, 3.05) is 0 Å². The van der Waals surface area contributed by atoms with Gasteiger partial charge in [0.25, 0.3) is 0 Å². The number of fused-ring (bicyclic) bond motifs is 3. The molecule has 0 fully saturated rings. The highest BCUT2D eigenvalue weighted by atomic mass is 14.0. The first-order valence-electron chi connectivity index (χ1n) is 8.23. The normalized spacial score (nSPS) is 21.0. The summed E-state index contributed by atoms with van der Waals surface area (Å²) in [6, 6.07) is 25.8. The second kappa shape index (κ2) is 6.55. The Labute approximate surface area is 141 Å². The van der Waals surface area contributed by atoms with Crippen LogP contribution in [0.2, 0.25) is 0 Å². The van der Waals surface area contributed by atoms with Crippen LogP contribution >= 0.6 is 0 Å². The summed E-state index contributed by atoms with van der Waals surface area (Å²) in [5.74, 6) is 0. The van der Waals surface area contributed by atoms with Crippen LogP contribution in [0.4, 0.5) is 0 Å². The smallest absolute Gasteiger partial charge is 0.00992 e. The van der Waals surface area contributed by atoms with Crippen molar-refractivity contribution in [3.05, 3.63) is 128 Å². The number of hydrogen-bond acceptors (Lipinski definition) is 0. The van der Waals surface area contributed by atoms with Gasteiger partial charge in [-0.3, -0.25) is 0 Å². The quantitative estimate of drug-likeness (QED) is 0.590. The molecule has 0 unspecified atom stereocenters. The highest BCUT2D eigenvalue weighted by Gasteiger charge is 1.92. The van der Waals surface area contributed by atoms with Crippen LogP contribution in [-0.2, 0) is 0 Å². The lowest BCUT2D eigenvalue weighted by Gasteiger charge is -1.97. The van der Waals surface area contributed by atoms with Crippen LogP contribution in [0.25, 0.3) is 12.2 Å². The van der Waals surface area contributed by atoms with Crippen LogP contribution in [0.1, 0.15) is 0 Å². The molecule has 0 aromatic heterocycles. The van der Waals surface area contributed by atoms with Crippen LogP contribution in [0, 0.1) is 20.9 Å². The lowest BCUT2D eigenvalue weighted by atomic mass is 10.1. The topological polar surface area (TPSA) is 0 Å². The van der Waals surface area contributed by atoms with Crippen LogP contribution in [-0.4, -0.2) is 0 Å². The average molecular weight is 306 g/mol. The highest BCUT2D eigenvalue weighted by molar-refractivity contribution is 5.44. The molecule has 3 aromatic carbocycles. The van der Waals surface area contributed by atoms with Gasteiger partial charge in [-0.25, -0.2) is 0 Å². The maximum Gasteiger partial charge on any atom is -0.00992 e. The Balaban J connectivity index is 2.46. The fraction of sp³-hybridized carbons (Fsp3) is 0. The fourth-order valence-corrected chi connectivity index (χ4v) is 3.17. The van der Waals surface area contributed by atoms with Gasteiger partial charge in [-0.05, 0) is 31.3 Å². The standard InChI is InChI=1S/C24H18/c1-2-4-12-20-14-6-8-16-22(20)24-18-10-9-17-23(24)21-15-7-5-13-19(21)11-3-1/h1-18H/b2-1?,3-1-,4-2-,11-3?,12-4?,19-11-,20-12+,23-21-,24-22+. The van der Waals surface area contributed by atoms with E-state index in [1.807, 2.05) is 0 Å². The van der Waals surface area contributed by atoms with E-state index in [2.05, 4.69) is 109 Å². The van der Waals surface area contributed by atoms with Crippen molar-refractivity contribution < 1.29 is 0 Å². The summed E-state index contributed by atoms with van der Waals surface area (Å²) in [6.45, 7) is 0. The van der Waals surface area contributed by atoms with E-state index < -0.39 is 0 Å². The molecule has 0 saturated heterocycles. The molecule has 0 spiro atoms. The summed E-state index contributed by atoms with van der Waals surface area (Å²) in [7, 11) is 0. The largest absolute Gasteiger partial charge is 0.0622 e. The molecule has 0 radical (unpaired) electrons. The van der Waals surface area contributed by atoms with Crippen molar-refractivity contribution in [2.24, 2.45) is 0 Å². The first-order valence-corrected chi connectivity index (χ1v) is 8.23. The van der Waals surface area contributed by atoms with Crippen LogP contribution < -0.4 is 10.4 Å². The Bertz CT molecular complexity index is 1140.